The predicted octanol–water partition coefficient (Wildman–Crippen LogP) is 3.34. The van der Waals surface area contributed by atoms with Crippen molar-refractivity contribution in [2.24, 2.45) is 5.41 Å². The number of carbonyl (C=O) groups is 1. The van der Waals surface area contributed by atoms with Crippen molar-refractivity contribution >= 4 is 6.03 Å². The fourth-order valence-corrected chi connectivity index (χ4v) is 4.04. The summed E-state index contributed by atoms with van der Waals surface area (Å²) in [7, 11) is 0. The third-order valence-corrected chi connectivity index (χ3v) is 5.54. The van der Waals surface area contributed by atoms with Crippen molar-refractivity contribution in [2.45, 2.75) is 57.8 Å². The molecule has 23 heavy (non-hydrogen) atoms. The van der Waals surface area contributed by atoms with Crippen LogP contribution >= 0.6 is 0 Å². The zero-order valence-electron chi connectivity index (χ0n) is 14.1. The maximum absolute atomic E-state index is 12.5. The Balaban J connectivity index is 1.53. The van der Waals surface area contributed by atoms with Crippen molar-refractivity contribution in [2.75, 3.05) is 19.6 Å². The summed E-state index contributed by atoms with van der Waals surface area (Å²) in [6, 6.07) is 2.07. The van der Waals surface area contributed by atoms with Crippen molar-refractivity contribution in [3.05, 3.63) is 24.3 Å². The molecule has 0 unspecified atom stereocenters. The normalized spacial score (nSPS) is 23.2. The molecule has 5 heteroatoms. The Morgan fingerprint density at radius 1 is 1.43 bits per heavy atom. The Morgan fingerprint density at radius 2 is 2.30 bits per heavy atom. The molecule has 1 saturated heterocycles. The predicted molar refractivity (Wildman–Crippen MR) is 90.2 cm³/mol. The van der Waals surface area contributed by atoms with Crippen LogP contribution in [-0.2, 0) is 0 Å². The summed E-state index contributed by atoms with van der Waals surface area (Å²) in [5.41, 5.74) is 1.44. The number of carbonyl (C=O) groups excluding carboxylic acids is 1. The Hall–Kier alpha value is -1.65. The van der Waals surface area contributed by atoms with E-state index in [-0.39, 0.29) is 6.03 Å². The van der Waals surface area contributed by atoms with Gasteiger partial charge in [0, 0.05) is 37.4 Å². The molecule has 1 saturated carbocycles. The Labute approximate surface area is 138 Å². The SMILES string of the molecule is CCCC1(CNC(=O)N2CCC[C@@H](c3ccncn3)C2)CCC1. The molecule has 1 atom stereocenters. The molecular formula is C18H28N4O. The number of urea groups is 1. The summed E-state index contributed by atoms with van der Waals surface area (Å²) in [4.78, 5) is 22.9. The van der Waals surface area contributed by atoms with Crippen LogP contribution in [0.2, 0.25) is 0 Å². The van der Waals surface area contributed by atoms with Crippen molar-refractivity contribution < 1.29 is 4.79 Å². The van der Waals surface area contributed by atoms with E-state index in [9.17, 15) is 4.79 Å². The standard InChI is InChI=1S/C18H28N4O/c1-2-7-18(8-4-9-18)13-20-17(23)22-11-3-5-15(12-22)16-6-10-19-14-21-16/h6,10,14-15H,2-5,7-9,11-13H2,1H3,(H,20,23)/t15-/m1/s1. The second-order valence-electron chi connectivity index (χ2n) is 7.18. The molecule has 2 aliphatic rings. The number of rotatable bonds is 5. The first-order valence-corrected chi connectivity index (χ1v) is 9.01. The van der Waals surface area contributed by atoms with Crippen LogP contribution in [0.4, 0.5) is 4.79 Å². The minimum Gasteiger partial charge on any atom is -0.337 e. The lowest BCUT2D eigenvalue weighted by atomic mass is 9.66. The Bertz CT molecular complexity index is 515. The summed E-state index contributed by atoms with van der Waals surface area (Å²) in [6.07, 6.45) is 11.8. The van der Waals surface area contributed by atoms with Crippen LogP contribution in [-0.4, -0.2) is 40.5 Å². The number of nitrogens with zero attached hydrogens (tertiary/aromatic N) is 3. The largest absolute Gasteiger partial charge is 0.337 e. The summed E-state index contributed by atoms with van der Waals surface area (Å²) < 4.78 is 0. The first-order chi connectivity index (χ1) is 11.2. The highest BCUT2D eigenvalue weighted by molar-refractivity contribution is 5.74. The lowest BCUT2D eigenvalue weighted by Crippen LogP contribution is -2.49. The molecule has 0 bridgehead atoms. The molecule has 1 aliphatic heterocycles. The summed E-state index contributed by atoms with van der Waals surface area (Å²) in [5.74, 6) is 0.339. The average molecular weight is 316 g/mol. The smallest absolute Gasteiger partial charge is 0.317 e. The lowest BCUT2D eigenvalue weighted by molar-refractivity contribution is 0.111. The van der Waals surface area contributed by atoms with E-state index in [0.29, 0.717) is 11.3 Å². The quantitative estimate of drug-likeness (QED) is 0.906. The van der Waals surface area contributed by atoms with Gasteiger partial charge in [0.15, 0.2) is 0 Å². The van der Waals surface area contributed by atoms with Gasteiger partial charge in [-0.2, -0.15) is 0 Å². The van der Waals surface area contributed by atoms with Crippen molar-refractivity contribution in [1.29, 1.82) is 0 Å². The highest BCUT2D eigenvalue weighted by atomic mass is 16.2. The van der Waals surface area contributed by atoms with Crippen molar-refractivity contribution in [3.8, 4) is 0 Å². The van der Waals surface area contributed by atoms with E-state index in [4.69, 9.17) is 0 Å². The Morgan fingerprint density at radius 3 is 2.96 bits per heavy atom. The van der Waals surface area contributed by atoms with Gasteiger partial charge < -0.3 is 10.2 Å². The van der Waals surface area contributed by atoms with Crippen molar-refractivity contribution in [1.82, 2.24) is 20.2 Å². The van der Waals surface area contributed by atoms with E-state index in [0.717, 1.165) is 38.2 Å². The van der Waals surface area contributed by atoms with Gasteiger partial charge in [-0.15, -0.1) is 0 Å². The van der Waals surface area contributed by atoms with Crippen LogP contribution < -0.4 is 5.32 Å². The van der Waals surface area contributed by atoms with Gasteiger partial charge in [0.1, 0.15) is 6.33 Å². The van der Waals surface area contributed by atoms with E-state index < -0.39 is 0 Å². The third kappa shape index (κ3) is 3.82. The highest BCUT2D eigenvalue weighted by Crippen LogP contribution is 2.44. The molecular weight excluding hydrogens is 288 g/mol. The molecule has 1 aromatic rings. The molecule has 5 nitrogen and oxygen atoms in total. The van der Waals surface area contributed by atoms with Gasteiger partial charge in [0.2, 0.25) is 0 Å². The second kappa shape index (κ2) is 7.28. The molecule has 2 fully saturated rings. The van der Waals surface area contributed by atoms with Gasteiger partial charge in [-0.05, 0) is 43.6 Å². The van der Waals surface area contributed by atoms with E-state index >= 15 is 0 Å². The topological polar surface area (TPSA) is 58.1 Å². The van der Waals surface area contributed by atoms with E-state index in [1.54, 1.807) is 12.5 Å². The number of hydrogen-bond acceptors (Lipinski definition) is 3. The number of piperidine rings is 1. The summed E-state index contributed by atoms with van der Waals surface area (Å²) >= 11 is 0. The average Bonchev–Trinajstić information content (AvgIpc) is 2.58. The summed E-state index contributed by atoms with van der Waals surface area (Å²) in [5, 5.41) is 3.21. The van der Waals surface area contributed by atoms with Crippen LogP contribution in [0.3, 0.4) is 0 Å². The minimum atomic E-state index is 0.103. The first-order valence-electron chi connectivity index (χ1n) is 9.01. The van der Waals surface area contributed by atoms with Crippen LogP contribution in [0.25, 0.3) is 0 Å². The van der Waals surface area contributed by atoms with Gasteiger partial charge in [0.05, 0.1) is 0 Å². The maximum atomic E-state index is 12.5. The van der Waals surface area contributed by atoms with Gasteiger partial charge >= 0.3 is 6.03 Å². The van der Waals surface area contributed by atoms with Gasteiger partial charge in [0.25, 0.3) is 0 Å². The Kier molecular flexibility index (Phi) is 5.13. The number of amides is 2. The van der Waals surface area contributed by atoms with Crippen LogP contribution in [0.1, 0.15) is 63.5 Å². The number of hydrogen-bond donors (Lipinski definition) is 1. The third-order valence-electron chi connectivity index (χ3n) is 5.54. The fourth-order valence-electron chi connectivity index (χ4n) is 4.04. The zero-order valence-corrected chi connectivity index (χ0v) is 14.1. The number of likely N-dealkylation sites (tertiary alicyclic amines) is 1. The van der Waals surface area contributed by atoms with E-state index in [2.05, 4.69) is 22.2 Å². The molecule has 1 N–H and O–H groups in total. The highest BCUT2D eigenvalue weighted by Gasteiger charge is 2.36. The minimum absolute atomic E-state index is 0.103. The second-order valence-corrected chi connectivity index (χ2v) is 7.18. The molecule has 0 aromatic carbocycles. The van der Waals surface area contributed by atoms with Crippen LogP contribution in [0.15, 0.2) is 18.6 Å². The molecule has 1 aliphatic carbocycles. The molecule has 2 amide bonds. The maximum Gasteiger partial charge on any atom is 0.317 e. The van der Waals surface area contributed by atoms with Gasteiger partial charge in [-0.3, -0.25) is 0 Å². The zero-order chi connectivity index (χ0) is 16.1. The fraction of sp³-hybridized carbons (Fsp3) is 0.722. The molecule has 2 heterocycles. The van der Waals surface area contributed by atoms with Gasteiger partial charge in [-0.25, -0.2) is 14.8 Å². The summed E-state index contributed by atoms with van der Waals surface area (Å²) in [6.45, 7) is 4.70. The number of aromatic nitrogens is 2. The molecule has 1 aromatic heterocycles. The first kappa shape index (κ1) is 16.2. The van der Waals surface area contributed by atoms with Crippen LogP contribution in [0, 0.1) is 5.41 Å². The molecule has 0 radical (unpaired) electrons. The lowest BCUT2D eigenvalue weighted by Gasteiger charge is -2.43. The molecule has 126 valence electrons. The van der Waals surface area contributed by atoms with E-state index in [1.165, 1.54) is 32.1 Å². The van der Waals surface area contributed by atoms with E-state index in [1.807, 2.05) is 11.0 Å². The van der Waals surface area contributed by atoms with Gasteiger partial charge in [-0.1, -0.05) is 19.8 Å². The number of nitrogens with one attached hydrogen (secondary N) is 1. The van der Waals surface area contributed by atoms with Crippen molar-refractivity contribution in [3.63, 3.8) is 0 Å². The monoisotopic (exact) mass is 316 g/mol. The van der Waals surface area contributed by atoms with Crippen LogP contribution in [0.5, 0.6) is 0 Å². The molecule has 3 rings (SSSR count). The molecule has 0 spiro atoms.